The van der Waals surface area contributed by atoms with Crippen molar-refractivity contribution in [1.29, 1.82) is 0 Å². The molecule has 1 aromatic rings. The van der Waals surface area contributed by atoms with Crippen LogP contribution in [-0.2, 0) is 11.3 Å². The van der Waals surface area contributed by atoms with Gasteiger partial charge in [0.05, 0.1) is 0 Å². The first-order valence-electron chi connectivity index (χ1n) is 7.06. The van der Waals surface area contributed by atoms with Crippen LogP contribution < -0.4 is 10.6 Å². The second kappa shape index (κ2) is 7.17. The highest BCUT2D eigenvalue weighted by atomic mass is 16.6. The number of hydrogen-bond donors (Lipinski definition) is 2. The average molecular weight is 278 g/mol. The number of alkyl carbamates (subject to hydrolysis) is 1. The Morgan fingerprint density at radius 2 is 2.00 bits per heavy atom. The molecule has 0 saturated carbocycles. The number of rotatable bonds is 5. The van der Waals surface area contributed by atoms with Gasteiger partial charge in [-0.25, -0.2) is 4.79 Å². The van der Waals surface area contributed by atoms with E-state index in [2.05, 4.69) is 24.5 Å². The highest BCUT2D eigenvalue weighted by Crippen LogP contribution is 2.12. The lowest BCUT2D eigenvalue weighted by atomic mass is 10.1. The number of nitrogens with one attached hydrogen (secondary N) is 2. The Labute approximate surface area is 121 Å². The van der Waals surface area contributed by atoms with Crippen molar-refractivity contribution in [1.82, 2.24) is 5.32 Å². The predicted octanol–water partition coefficient (Wildman–Crippen LogP) is 3.78. The van der Waals surface area contributed by atoms with Gasteiger partial charge >= 0.3 is 6.09 Å². The molecule has 4 nitrogen and oxygen atoms in total. The van der Waals surface area contributed by atoms with Gasteiger partial charge in [0.25, 0.3) is 0 Å². The van der Waals surface area contributed by atoms with Crippen molar-refractivity contribution in [3.8, 4) is 0 Å². The number of anilines is 1. The first-order valence-corrected chi connectivity index (χ1v) is 7.06. The fourth-order valence-corrected chi connectivity index (χ4v) is 1.60. The van der Waals surface area contributed by atoms with Crippen LogP contribution in [0.5, 0.6) is 0 Å². The van der Waals surface area contributed by atoms with E-state index in [1.54, 1.807) is 0 Å². The fraction of sp³-hybridized carbons (Fsp3) is 0.562. The van der Waals surface area contributed by atoms with E-state index in [0.29, 0.717) is 12.5 Å². The molecule has 0 aliphatic rings. The number of ether oxygens (including phenoxy) is 1. The molecule has 0 atom stereocenters. The molecule has 0 unspecified atom stereocenters. The molecule has 0 fully saturated rings. The molecule has 2 N–H and O–H groups in total. The van der Waals surface area contributed by atoms with Gasteiger partial charge in [-0.1, -0.05) is 26.0 Å². The summed E-state index contributed by atoms with van der Waals surface area (Å²) in [5.74, 6) is 0.596. The molecule has 1 rings (SSSR count). The highest BCUT2D eigenvalue weighted by molar-refractivity contribution is 5.67. The van der Waals surface area contributed by atoms with Crippen LogP contribution in [0.3, 0.4) is 0 Å². The molecule has 112 valence electrons. The van der Waals surface area contributed by atoms with Gasteiger partial charge < -0.3 is 15.4 Å². The first kappa shape index (κ1) is 16.3. The Bertz CT molecular complexity index is 436. The van der Waals surface area contributed by atoms with Crippen LogP contribution in [-0.4, -0.2) is 18.2 Å². The zero-order valence-corrected chi connectivity index (χ0v) is 13.1. The Balaban J connectivity index is 2.48. The van der Waals surface area contributed by atoms with E-state index in [4.69, 9.17) is 4.74 Å². The molecule has 0 saturated heterocycles. The van der Waals surface area contributed by atoms with Gasteiger partial charge in [-0.3, -0.25) is 0 Å². The van der Waals surface area contributed by atoms with Crippen molar-refractivity contribution in [3.05, 3.63) is 29.8 Å². The van der Waals surface area contributed by atoms with Crippen molar-refractivity contribution in [3.63, 3.8) is 0 Å². The number of carbonyl (C=O) groups excluding carboxylic acids is 1. The lowest BCUT2D eigenvalue weighted by molar-refractivity contribution is 0.0523. The third-order valence-corrected chi connectivity index (χ3v) is 2.48. The minimum Gasteiger partial charge on any atom is -0.444 e. The quantitative estimate of drug-likeness (QED) is 0.861. The highest BCUT2D eigenvalue weighted by Gasteiger charge is 2.15. The number of amides is 1. The van der Waals surface area contributed by atoms with Crippen LogP contribution in [0.15, 0.2) is 24.3 Å². The number of carbonyl (C=O) groups is 1. The van der Waals surface area contributed by atoms with Crippen molar-refractivity contribution >= 4 is 11.8 Å². The Hall–Kier alpha value is -1.71. The van der Waals surface area contributed by atoms with Gasteiger partial charge in [-0.05, 0) is 44.4 Å². The Morgan fingerprint density at radius 3 is 2.60 bits per heavy atom. The molecule has 0 radical (unpaired) electrons. The molecule has 0 bridgehead atoms. The Kier molecular flexibility index (Phi) is 5.86. The lowest BCUT2D eigenvalue weighted by Gasteiger charge is -2.19. The van der Waals surface area contributed by atoms with E-state index in [0.717, 1.165) is 17.8 Å². The average Bonchev–Trinajstić information content (AvgIpc) is 2.32. The summed E-state index contributed by atoms with van der Waals surface area (Å²) in [6.07, 6.45) is -0.391. The van der Waals surface area contributed by atoms with Gasteiger partial charge in [0.15, 0.2) is 0 Å². The molecule has 0 heterocycles. The third kappa shape index (κ3) is 7.02. The van der Waals surface area contributed by atoms with Crippen LogP contribution in [0.25, 0.3) is 0 Å². The summed E-state index contributed by atoms with van der Waals surface area (Å²) in [5.41, 5.74) is 1.65. The van der Waals surface area contributed by atoms with Gasteiger partial charge in [0, 0.05) is 18.8 Å². The van der Waals surface area contributed by atoms with Gasteiger partial charge in [0.2, 0.25) is 0 Å². The largest absolute Gasteiger partial charge is 0.444 e. The van der Waals surface area contributed by atoms with Crippen LogP contribution in [0.1, 0.15) is 40.2 Å². The number of hydrogen-bond acceptors (Lipinski definition) is 3. The lowest BCUT2D eigenvalue weighted by Crippen LogP contribution is -2.32. The maximum Gasteiger partial charge on any atom is 0.407 e. The monoisotopic (exact) mass is 278 g/mol. The van der Waals surface area contributed by atoms with Gasteiger partial charge in [-0.2, -0.15) is 0 Å². The minimum atomic E-state index is -0.468. The van der Waals surface area contributed by atoms with E-state index >= 15 is 0 Å². The molecule has 0 aliphatic carbocycles. The minimum absolute atomic E-state index is 0.391. The van der Waals surface area contributed by atoms with E-state index < -0.39 is 11.7 Å². The zero-order valence-electron chi connectivity index (χ0n) is 13.1. The molecule has 0 aromatic heterocycles. The van der Waals surface area contributed by atoms with E-state index in [-0.39, 0.29) is 0 Å². The molecule has 20 heavy (non-hydrogen) atoms. The molecule has 1 amide bonds. The second-order valence-electron chi connectivity index (χ2n) is 6.33. The van der Waals surface area contributed by atoms with Crippen molar-refractivity contribution in [2.45, 2.75) is 46.8 Å². The van der Waals surface area contributed by atoms with E-state index in [1.807, 2.05) is 45.0 Å². The molecule has 0 spiro atoms. The van der Waals surface area contributed by atoms with Crippen molar-refractivity contribution in [2.75, 3.05) is 11.9 Å². The topological polar surface area (TPSA) is 50.4 Å². The van der Waals surface area contributed by atoms with Crippen molar-refractivity contribution in [2.24, 2.45) is 5.92 Å². The zero-order chi connectivity index (χ0) is 15.2. The predicted molar refractivity (Wildman–Crippen MR) is 82.8 cm³/mol. The second-order valence-corrected chi connectivity index (χ2v) is 6.33. The Morgan fingerprint density at radius 1 is 1.30 bits per heavy atom. The summed E-state index contributed by atoms with van der Waals surface area (Å²) in [4.78, 5) is 11.6. The number of benzene rings is 1. The van der Waals surface area contributed by atoms with Crippen LogP contribution in [0.2, 0.25) is 0 Å². The molecule has 1 aromatic carbocycles. The fourth-order valence-electron chi connectivity index (χ4n) is 1.60. The molecule has 4 heteroatoms. The van der Waals surface area contributed by atoms with E-state index in [9.17, 15) is 4.79 Å². The molecular weight excluding hydrogens is 252 g/mol. The van der Waals surface area contributed by atoms with Gasteiger partial charge in [0.1, 0.15) is 5.60 Å². The van der Waals surface area contributed by atoms with Crippen LogP contribution in [0, 0.1) is 5.92 Å². The SMILES string of the molecule is CC(C)CNc1cccc(CNC(=O)OC(C)(C)C)c1. The summed E-state index contributed by atoms with van der Waals surface area (Å²) >= 11 is 0. The van der Waals surface area contributed by atoms with Crippen molar-refractivity contribution < 1.29 is 9.53 Å². The summed E-state index contributed by atoms with van der Waals surface area (Å²) < 4.78 is 5.20. The molecular formula is C16H26N2O2. The maximum atomic E-state index is 11.6. The molecule has 0 aliphatic heterocycles. The maximum absolute atomic E-state index is 11.6. The third-order valence-electron chi connectivity index (χ3n) is 2.48. The van der Waals surface area contributed by atoms with Crippen LogP contribution >= 0.6 is 0 Å². The first-order chi connectivity index (χ1) is 9.26. The standard InChI is InChI=1S/C16H26N2O2/c1-12(2)10-17-14-8-6-7-13(9-14)11-18-15(19)20-16(3,4)5/h6-9,12,17H,10-11H2,1-5H3,(H,18,19). The summed E-state index contributed by atoms with van der Waals surface area (Å²) in [7, 11) is 0. The summed E-state index contributed by atoms with van der Waals surface area (Å²) in [6.45, 7) is 11.3. The normalized spacial score (nSPS) is 11.3. The summed E-state index contributed by atoms with van der Waals surface area (Å²) in [6, 6.07) is 8.03. The smallest absolute Gasteiger partial charge is 0.407 e. The van der Waals surface area contributed by atoms with Gasteiger partial charge in [-0.15, -0.1) is 0 Å². The van der Waals surface area contributed by atoms with E-state index in [1.165, 1.54) is 0 Å². The van der Waals surface area contributed by atoms with Crippen LogP contribution in [0.4, 0.5) is 10.5 Å². The summed E-state index contributed by atoms with van der Waals surface area (Å²) in [5, 5.41) is 6.13.